The fraction of sp³-hybridized carbons (Fsp3) is 0.467. The average Bonchev–Trinajstić information content (AvgIpc) is 2.97. The monoisotopic (exact) mass is 305 g/mol. The second kappa shape index (κ2) is 5.00. The molecule has 2 aromatic heterocycles. The molecule has 3 saturated heterocycles. The van der Waals surface area contributed by atoms with Gasteiger partial charge in [-0.25, -0.2) is 4.98 Å². The first kappa shape index (κ1) is 13.1. The van der Waals surface area contributed by atoms with Gasteiger partial charge in [-0.2, -0.15) is 0 Å². The van der Waals surface area contributed by atoms with Gasteiger partial charge in [0, 0.05) is 18.7 Å². The molecule has 0 saturated carbocycles. The number of hydrogen-bond donors (Lipinski definition) is 1. The summed E-state index contributed by atoms with van der Waals surface area (Å²) in [7, 11) is 0. The molecule has 5 rings (SSSR count). The summed E-state index contributed by atoms with van der Waals surface area (Å²) < 4.78 is 5.32. The molecule has 0 unspecified atom stereocenters. The molecule has 3 aliphatic rings. The van der Waals surface area contributed by atoms with Crippen molar-refractivity contribution in [2.75, 3.05) is 19.6 Å². The van der Waals surface area contributed by atoms with Crippen LogP contribution in [-0.4, -0.2) is 41.5 Å². The molecule has 0 aromatic carbocycles. The van der Waals surface area contributed by atoms with E-state index in [9.17, 15) is 4.79 Å². The van der Waals surface area contributed by atoms with Crippen molar-refractivity contribution in [1.82, 2.24) is 15.2 Å². The van der Waals surface area contributed by atoms with Crippen molar-refractivity contribution in [3.8, 4) is 0 Å². The number of nitrogens with zero attached hydrogens (tertiary/aromatic N) is 2. The molecule has 2 bridgehead atoms. The topological polar surface area (TPSA) is 58.4 Å². The Morgan fingerprint density at radius 2 is 2.24 bits per heavy atom. The molecule has 110 valence electrons. The maximum absolute atomic E-state index is 12.4. The summed E-state index contributed by atoms with van der Waals surface area (Å²) in [5.74, 6) is 0.413. The van der Waals surface area contributed by atoms with Crippen LogP contribution < -0.4 is 5.32 Å². The number of fused-ring (bicyclic) bond motifs is 4. The molecule has 3 aliphatic heterocycles. The Morgan fingerprint density at radius 3 is 2.95 bits per heavy atom. The van der Waals surface area contributed by atoms with Crippen LogP contribution in [0.4, 0.5) is 0 Å². The first-order valence-corrected chi connectivity index (χ1v) is 7.65. The van der Waals surface area contributed by atoms with Crippen LogP contribution in [0.15, 0.2) is 22.8 Å². The Morgan fingerprint density at radius 1 is 1.43 bits per heavy atom. The predicted octanol–water partition coefficient (Wildman–Crippen LogP) is 2.31. The smallest absolute Gasteiger partial charge is 0.270 e. The zero-order valence-electron chi connectivity index (χ0n) is 11.5. The summed E-state index contributed by atoms with van der Waals surface area (Å²) in [6, 6.07) is 3.62. The van der Waals surface area contributed by atoms with Crippen LogP contribution in [0.25, 0.3) is 11.0 Å². The number of carbonyl (C=O) groups excluding carboxylic acids is 1. The Balaban J connectivity index is 1.56. The second-order valence-corrected chi connectivity index (χ2v) is 6.21. The van der Waals surface area contributed by atoms with E-state index in [1.165, 1.54) is 0 Å². The van der Waals surface area contributed by atoms with E-state index in [4.69, 9.17) is 16.0 Å². The van der Waals surface area contributed by atoms with E-state index in [-0.39, 0.29) is 11.9 Å². The molecule has 6 heteroatoms. The van der Waals surface area contributed by atoms with E-state index in [0.717, 1.165) is 37.9 Å². The lowest BCUT2D eigenvalue weighted by molar-refractivity contribution is 0.0618. The number of pyridine rings is 1. The summed E-state index contributed by atoms with van der Waals surface area (Å²) in [4.78, 5) is 19.0. The standard InChI is InChI=1S/C15H16ClN3O2/c16-14-10-3-6-21-13(10)7-11(17-14)15(20)18-12-8-19-4-1-9(12)2-5-19/h3,6-7,9,12H,1-2,4-5,8H2,(H,18,20)/t12-/m0/s1. The molecule has 1 amide bonds. The van der Waals surface area contributed by atoms with Crippen molar-refractivity contribution in [2.45, 2.75) is 18.9 Å². The summed E-state index contributed by atoms with van der Waals surface area (Å²) >= 11 is 6.09. The average molecular weight is 306 g/mol. The number of furan rings is 1. The van der Waals surface area contributed by atoms with Gasteiger partial charge in [0.15, 0.2) is 0 Å². The number of rotatable bonds is 2. The number of hydrogen-bond acceptors (Lipinski definition) is 4. The Hall–Kier alpha value is -1.59. The fourth-order valence-electron chi connectivity index (χ4n) is 3.41. The Labute approximate surface area is 127 Å². The molecule has 5 heterocycles. The number of aromatic nitrogens is 1. The minimum absolute atomic E-state index is 0.172. The van der Waals surface area contributed by atoms with E-state index in [1.54, 1.807) is 18.4 Å². The van der Waals surface area contributed by atoms with Crippen LogP contribution in [0.5, 0.6) is 0 Å². The zero-order chi connectivity index (χ0) is 14.4. The van der Waals surface area contributed by atoms with Gasteiger partial charge in [-0.15, -0.1) is 0 Å². The molecule has 3 fully saturated rings. The van der Waals surface area contributed by atoms with E-state index in [2.05, 4.69) is 15.2 Å². The maximum Gasteiger partial charge on any atom is 0.270 e. The third kappa shape index (κ3) is 2.30. The first-order valence-electron chi connectivity index (χ1n) is 7.27. The van der Waals surface area contributed by atoms with Gasteiger partial charge in [0.1, 0.15) is 16.4 Å². The third-order valence-corrected chi connectivity index (χ3v) is 4.90. The number of halogens is 1. The fourth-order valence-corrected chi connectivity index (χ4v) is 3.66. The molecule has 21 heavy (non-hydrogen) atoms. The van der Waals surface area contributed by atoms with Gasteiger partial charge in [-0.3, -0.25) is 4.79 Å². The number of amides is 1. The highest BCUT2D eigenvalue weighted by molar-refractivity contribution is 6.34. The molecule has 1 atom stereocenters. The van der Waals surface area contributed by atoms with E-state index >= 15 is 0 Å². The van der Waals surface area contributed by atoms with Crippen LogP contribution in [0.2, 0.25) is 5.15 Å². The van der Waals surface area contributed by atoms with Crippen molar-refractivity contribution >= 4 is 28.5 Å². The van der Waals surface area contributed by atoms with Gasteiger partial charge in [-0.1, -0.05) is 11.6 Å². The van der Waals surface area contributed by atoms with Gasteiger partial charge >= 0.3 is 0 Å². The van der Waals surface area contributed by atoms with Crippen molar-refractivity contribution in [3.63, 3.8) is 0 Å². The highest BCUT2D eigenvalue weighted by atomic mass is 35.5. The molecule has 1 N–H and O–H groups in total. The van der Waals surface area contributed by atoms with Gasteiger partial charge in [0.25, 0.3) is 5.91 Å². The summed E-state index contributed by atoms with van der Waals surface area (Å²) in [5, 5.41) is 4.15. The molecule has 0 spiro atoms. The molecular formula is C15H16ClN3O2. The molecule has 2 aromatic rings. The minimum atomic E-state index is -0.172. The van der Waals surface area contributed by atoms with E-state index in [1.807, 2.05) is 0 Å². The quantitative estimate of drug-likeness (QED) is 0.865. The molecular weight excluding hydrogens is 290 g/mol. The zero-order valence-corrected chi connectivity index (χ0v) is 12.3. The lowest BCUT2D eigenvalue weighted by Crippen LogP contribution is -2.57. The lowest BCUT2D eigenvalue weighted by atomic mass is 9.84. The second-order valence-electron chi connectivity index (χ2n) is 5.85. The highest BCUT2D eigenvalue weighted by Gasteiger charge is 2.35. The van der Waals surface area contributed by atoms with Crippen LogP contribution in [0, 0.1) is 5.92 Å². The number of nitrogens with one attached hydrogen (secondary N) is 1. The minimum Gasteiger partial charge on any atom is -0.464 e. The van der Waals surface area contributed by atoms with Crippen molar-refractivity contribution in [2.24, 2.45) is 5.92 Å². The maximum atomic E-state index is 12.4. The lowest BCUT2D eigenvalue weighted by Gasteiger charge is -2.44. The molecule has 5 nitrogen and oxygen atoms in total. The van der Waals surface area contributed by atoms with E-state index < -0.39 is 0 Å². The van der Waals surface area contributed by atoms with Gasteiger partial charge in [0.05, 0.1) is 11.6 Å². The van der Waals surface area contributed by atoms with E-state index in [0.29, 0.717) is 22.3 Å². The van der Waals surface area contributed by atoms with Crippen LogP contribution >= 0.6 is 11.6 Å². The van der Waals surface area contributed by atoms with Crippen molar-refractivity contribution in [3.05, 3.63) is 29.2 Å². The van der Waals surface area contributed by atoms with Crippen LogP contribution in [-0.2, 0) is 0 Å². The summed E-state index contributed by atoms with van der Waals surface area (Å²) in [6.07, 6.45) is 3.87. The Kier molecular flexibility index (Phi) is 3.12. The van der Waals surface area contributed by atoms with Crippen molar-refractivity contribution < 1.29 is 9.21 Å². The van der Waals surface area contributed by atoms with Crippen LogP contribution in [0.3, 0.4) is 0 Å². The normalized spacial score (nSPS) is 28.0. The molecule has 0 aliphatic carbocycles. The SMILES string of the molecule is O=C(N[C@H]1CN2CCC1CC2)c1cc2occc2c(Cl)n1. The largest absolute Gasteiger partial charge is 0.464 e. The Bertz CT molecular complexity index is 691. The summed E-state index contributed by atoms with van der Waals surface area (Å²) in [6.45, 7) is 3.24. The molecule has 0 radical (unpaired) electrons. The van der Waals surface area contributed by atoms with Gasteiger partial charge in [-0.05, 0) is 37.9 Å². The third-order valence-electron chi connectivity index (χ3n) is 4.61. The summed E-state index contributed by atoms with van der Waals surface area (Å²) in [5.41, 5.74) is 0.910. The van der Waals surface area contributed by atoms with Gasteiger partial charge < -0.3 is 14.6 Å². The van der Waals surface area contributed by atoms with Crippen molar-refractivity contribution in [1.29, 1.82) is 0 Å². The predicted molar refractivity (Wildman–Crippen MR) is 79.4 cm³/mol. The first-order chi connectivity index (χ1) is 10.2. The number of piperidine rings is 3. The van der Waals surface area contributed by atoms with Gasteiger partial charge in [0.2, 0.25) is 0 Å². The highest BCUT2D eigenvalue weighted by Crippen LogP contribution is 2.28. The number of carbonyl (C=O) groups is 1. The van der Waals surface area contributed by atoms with Crippen LogP contribution in [0.1, 0.15) is 23.3 Å².